The minimum Gasteiger partial charge on any atom is -0.368 e. The molecule has 0 aliphatic carbocycles. The van der Waals surface area contributed by atoms with E-state index in [1.54, 1.807) is 6.07 Å². The molecule has 0 aromatic carbocycles. The van der Waals surface area contributed by atoms with Gasteiger partial charge in [-0.15, -0.1) is 0 Å². The van der Waals surface area contributed by atoms with E-state index in [9.17, 15) is 0 Å². The summed E-state index contributed by atoms with van der Waals surface area (Å²) in [5.74, 6) is 0.318. The predicted molar refractivity (Wildman–Crippen MR) is 56.3 cm³/mol. The van der Waals surface area contributed by atoms with Crippen molar-refractivity contribution in [1.29, 1.82) is 0 Å². The Kier molecular flexibility index (Phi) is 2.12. The van der Waals surface area contributed by atoms with Crippen LogP contribution in [0.15, 0.2) is 10.6 Å². The number of nitrogens with one attached hydrogen (secondary N) is 1. The van der Waals surface area contributed by atoms with Gasteiger partial charge in [0.15, 0.2) is 5.13 Å². The van der Waals surface area contributed by atoms with Gasteiger partial charge in [-0.25, -0.2) is 4.98 Å². The van der Waals surface area contributed by atoms with Crippen LogP contribution in [0.5, 0.6) is 0 Å². The third-order valence-corrected chi connectivity index (χ3v) is 2.97. The SMILES string of the molecule is CNc1nc(C)c(-c2cc(N)on2)s1. The van der Waals surface area contributed by atoms with E-state index in [2.05, 4.69) is 15.5 Å². The molecule has 5 nitrogen and oxygen atoms in total. The number of nitrogens with two attached hydrogens (primary N) is 1. The first-order valence-corrected chi connectivity index (χ1v) is 4.90. The molecule has 0 aliphatic rings. The summed E-state index contributed by atoms with van der Waals surface area (Å²) in [5.41, 5.74) is 7.10. The van der Waals surface area contributed by atoms with Crippen molar-refractivity contribution < 1.29 is 4.52 Å². The fourth-order valence-corrected chi connectivity index (χ4v) is 2.01. The Morgan fingerprint density at radius 2 is 2.36 bits per heavy atom. The molecule has 0 spiro atoms. The highest BCUT2D eigenvalue weighted by atomic mass is 32.1. The summed E-state index contributed by atoms with van der Waals surface area (Å²) in [7, 11) is 1.83. The number of aryl methyl sites for hydroxylation is 1. The van der Waals surface area contributed by atoms with Crippen molar-refractivity contribution in [2.45, 2.75) is 6.92 Å². The molecule has 14 heavy (non-hydrogen) atoms. The maximum absolute atomic E-state index is 5.44. The molecule has 0 aliphatic heterocycles. The third-order valence-electron chi connectivity index (χ3n) is 1.77. The van der Waals surface area contributed by atoms with Gasteiger partial charge >= 0.3 is 0 Å². The van der Waals surface area contributed by atoms with Gasteiger partial charge in [-0.05, 0) is 6.92 Å². The highest BCUT2D eigenvalue weighted by molar-refractivity contribution is 7.19. The largest absolute Gasteiger partial charge is 0.368 e. The van der Waals surface area contributed by atoms with Gasteiger partial charge in [0.1, 0.15) is 5.69 Å². The number of aromatic nitrogens is 2. The lowest BCUT2D eigenvalue weighted by atomic mass is 10.3. The average molecular weight is 210 g/mol. The molecule has 6 heteroatoms. The first-order chi connectivity index (χ1) is 6.70. The van der Waals surface area contributed by atoms with Crippen LogP contribution in [-0.4, -0.2) is 17.2 Å². The zero-order valence-corrected chi connectivity index (χ0v) is 8.68. The van der Waals surface area contributed by atoms with Gasteiger partial charge in [-0.1, -0.05) is 16.5 Å². The van der Waals surface area contributed by atoms with Crippen molar-refractivity contribution in [3.8, 4) is 10.6 Å². The van der Waals surface area contributed by atoms with Gasteiger partial charge in [0.25, 0.3) is 0 Å². The van der Waals surface area contributed by atoms with E-state index < -0.39 is 0 Å². The van der Waals surface area contributed by atoms with Crippen molar-refractivity contribution >= 4 is 22.4 Å². The Morgan fingerprint density at radius 1 is 1.57 bits per heavy atom. The number of nitrogen functional groups attached to an aromatic ring is 1. The lowest BCUT2D eigenvalue weighted by Gasteiger charge is -1.87. The first-order valence-electron chi connectivity index (χ1n) is 4.08. The van der Waals surface area contributed by atoms with Crippen LogP contribution in [0.25, 0.3) is 10.6 Å². The molecule has 0 atom stereocenters. The van der Waals surface area contributed by atoms with Crippen LogP contribution in [0, 0.1) is 6.92 Å². The van der Waals surface area contributed by atoms with Gasteiger partial charge < -0.3 is 15.6 Å². The van der Waals surface area contributed by atoms with Gasteiger partial charge in [0.05, 0.1) is 10.6 Å². The molecule has 74 valence electrons. The minimum absolute atomic E-state index is 0.318. The summed E-state index contributed by atoms with van der Waals surface area (Å²) < 4.78 is 4.80. The quantitative estimate of drug-likeness (QED) is 0.789. The number of hydrogen-bond donors (Lipinski definition) is 2. The number of thiazole rings is 1. The van der Waals surface area contributed by atoms with E-state index in [4.69, 9.17) is 10.3 Å². The second kappa shape index (κ2) is 3.30. The standard InChI is InChI=1S/C8H10N4OS/c1-4-7(14-8(10-2)11-4)5-3-6(9)13-12-5/h3H,9H2,1-2H3,(H,10,11). The molecule has 0 bridgehead atoms. The van der Waals surface area contributed by atoms with Crippen LogP contribution in [0.4, 0.5) is 11.0 Å². The van der Waals surface area contributed by atoms with Crippen LogP contribution in [0.1, 0.15) is 5.69 Å². The van der Waals surface area contributed by atoms with Crippen molar-refractivity contribution in [2.75, 3.05) is 18.1 Å². The first kappa shape index (κ1) is 9.01. The Morgan fingerprint density at radius 3 is 2.86 bits per heavy atom. The Bertz CT molecular complexity index is 448. The van der Waals surface area contributed by atoms with Crippen molar-refractivity contribution in [2.24, 2.45) is 0 Å². The van der Waals surface area contributed by atoms with Crippen LogP contribution in [0.3, 0.4) is 0 Å². The number of anilines is 2. The highest BCUT2D eigenvalue weighted by Crippen LogP contribution is 2.32. The summed E-state index contributed by atoms with van der Waals surface area (Å²) in [6, 6.07) is 1.69. The number of nitrogens with zero attached hydrogens (tertiary/aromatic N) is 2. The normalized spacial score (nSPS) is 10.4. The molecular formula is C8H10N4OS. The van der Waals surface area contributed by atoms with Gasteiger partial charge in [0.2, 0.25) is 5.88 Å². The summed E-state index contributed by atoms with van der Waals surface area (Å²) in [4.78, 5) is 5.28. The average Bonchev–Trinajstić information content (AvgIpc) is 2.71. The highest BCUT2D eigenvalue weighted by Gasteiger charge is 2.12. The van der Waals surface area contributed by atoms with Crippen molar-refractivity contribution in [3.63, 3.8) is 0 Å². The van der Waals surface area contributed by atoms with E-state index in [1.165, 1.54) is 11.3 Å². The minimum atomic E-state index is 0.318. The second-order valence-corrected chi connectivity index (χ2v) is 3.80. The Hall–Kier alpha value is -1.56. The Labute approximate surface area is 84.9 Å². The molecule has 0 amide bonds. The van der Waals surface area contributed by atoms with E-state index >= 15 is 0 Å². The molecule has 0 saturated heterocycles. The molecule has 2 heterocycles. The summed E-state index contributed by atoms with van der Waals surface area (Å²) >= 11 is 1.53. The molecule has 0 fully saturated rings. The second-order valence-electron chi connectivity index (χ2n) is 2.80. The van der Waals surface area contributed by atoms with Crippen molar-refractivity contribution in [1.82, 2.24) is 10.1 Å². The molecule has 2 aromatic rings. The van der Waals surface area contributed by atoms with Crippen LogP contribution >= 0.6 is 11.3 Å². The third kappa shape index (κ3) is 1.44. The zero-order valence-electron chi connectivity index (χ0n) is 7.87. The molecular weight excluding hydrogens is 200 g/mol. The smallest absolute Gasteiger partial charge is 0.222 e. The molecule has 0 unspecified atom stereocenters. The number of rotatable bonds is 2. The summed E-state index contributed by atoms with van der Waals surface area (Å²) in [6.45, 7) is 1.93. The van der Waals surface area contributed by atoms with Crippen molar-refractivity contribution in [3.05, 3.63) is 11.8 Å². The van der Waals surface area contributed by atoms with Gasteiger partial charge in [-0.2, -0.15) is 0 Å². The van der Waals surface area contributed by atoms with Crippen LogP contribution in [-0.2, 0) is 0 Å². The fourth-order valence-electron chi connectivity index (χ4n) is 1.14. The monoisotopic (exact) mass is 210 g/mol. The number of hydrogen-bond acceptors (Lipinski definition) is 6. The maximum atomic E-state index is 5.44. The molecule has 2 aromatic heterocycles. The van der Waals surface area contributed by atoms with E-state index in [0.29, 0.717) is 5.88 Å². The molecule has 0 saturated carbocycles. The summed E-state index contributed by atoms with van der Waals surface area (Å²) in [5, 5.41) is 7.68. The van der Waals surface area contributed by atoms with Gasteiger partial charge in [0, 0.05) is 13.1 Å². The lowest BCUT2D eigenvalue weighted by Crippen LogP contribution is -1.84. The molecule has 0 radical (unpaired) electrons. The zero-order chi connectivity index (χ0) is 10.1. The molecule has 2 rings (SSSR count). The summed E-state index contributed by atoms with van der Waals surface area (Å²) in [6.07, 6.45) is 0. The van der Waals surface area contributed by atoms with E-state index in [1.807, 2.05) is 14.0 Å². The lowest BCUT2D eigenvalue weighted by molar-refractivity contribution is 0.439. The maximum Gasteiger partial charge on any atom is 0.222 e. The topological polar surface area (TPSA) is 77.0 Å². The van der Waals surface area contributed by atoms with E-state index in [0.717, 1.165) is 21.4 Å². The van der Waals surface area contributed by atoms with Crippen LogP contribution < -0.4 is 11.1 Å². The predicted octanol–water partition coefficient (Wildman–Crippen LogP) is 1.73. The van der Waals surface area contributed by atoms with Crippen LogP contribution in [0.2, 0.25) is 0 Å². The van der Waals surface area contributed by atoms with E-state index in [-0.39, 0.29) is 0 Å². The fraction of sp³-hybridized carbons (Fsp3) is 0.250. The molecule has 3 N–H and O–H groups in total. The Balaban J connectivity index is 2.45. The van der Waals surface area contributed by atoms with Gasteiger partial charge in [-0.3, -0.25) is 0 Å².